The van der Waals surface area contributed by atoms with Crippen molar-refractivity contribution in [1.29, 1.82) is 0 Å². The Hall–Kier alpha value is -3.07. The fraction of sp³-hybridized carbons (Fsp3) is 0.367. The number of piperidine rings is 2. The molecule has 3 atom stereocenters. The number of rotatable bonds is 5. The van der Waals surface area contributed by atoms with E-state index in [4.69, 9.17) is 0 Å². The Bertz CT molecular complexity index is 1610. The number of hydrogen-bond acceptors (Lipinski definition) is 3. The quantitative estimate of drug-likeness (QED) is 0.358. The van der Waals surface area contributed by atoms with E-state index in [1.54, 1.807) is 20.7 Å². The highest BCUT2D eigenvalue weighted by Crippen LogP contribution is 2.70. The fourth-order valence-corrected chi connectivity index (χ4v) is 8.90. The summed E-state index contributed by atoms with van der Waals surface area (Å²) in [5.41, 5.74) is 5.10. The van der Waals surface area contributed by atoms with Crippen LogP contribution in [0.3, 0.4) is 0 Å². The largest absolute Gasteiger partial charge is 0.282 e. The van der Waals surface area contributed by atoms with Crippen LogP contribution in [0.5, 0.6) is 0 Å². The van der Waals surface area contributed by atoms with Gasteiger partial charge >= 0.3 is 0 Å². The molecule has 7 rings (SSSR count). The van der Waals surface area contributed by atoms with Crippen LogP contribution in [0.4, 0.5) is 4.39 Å². The van der Waals surface area contributed by atoms with E-state index in [1.807, 2.05) is 16.9 Å². The van der Waals surface area contributed by atoms with Crippen molar-refractivity contribution in [1.82, 2.24) is 18.4 Å². The molecule has 3 heterocycles. The van der Waals surface area contributed by atoms with Crippen LogP contribution in [0, 0.1) is 18.7 Å². The van der Waals surface area contributed by atoms with Crippen LogP contribution in [0.2, 0.25) is 0 Å². The third-order valence-corrected chi connectivity index (χ3v) is 10.9. The van der Waals surface area contributed by atoms with Crippen LogP contribution < -0.4 is 0 Å². The summed E-state index contributed by atoms with van der Waals surface area (Å²) < 4.78 is 46.1. The summed E-state index contributed by atoms with van der Waals surface area (Å²) in [4.78, 5) is 0. The molecule has 3 unspecified atom stereocenters. The molecule has 3 fully saturated rings. The molecule has 1 aliphatic carbocycles. The predicted octanol–water partition coefficient (Wildman–Crippen LogP) is 5.17. The van der Waals surface area contributed by atoms with Crippen molar-refractivity contribution >= 4 is 21.1 Å². The third-order valence-electron chi connectivity index (χ3n) is 8.96. The molecule has 0 spiro atoms. The molecule has 196 valence electrons. The lowest BCUT2D eigenvalue weighted by atomic mass is 9.87. The number of halogens is 1. The summed E-state index contributed by atoms with van der Waals surface area (Å²) in [6.45, 7) is 4.39. The molecule has 0 radical (unpaired) electrons. The van der Waals surface area contributed by atoms with Gasteiger partial charge in [-0.1, -0.05) is 36.8 Å². The molecule has 4 aromatic rings. The van der Waals surface area contributed by atoms with E-state index in [1.165, 1.54) is 23.3 Å². The lowest BCUT2D eigenvalue weighted by Crippen LogP contribution is -2.46. The van der Waals surface area contributed by atoms with Crippen molar-refractivity contribution in [2.24, 2.45) is 5.92 Å². The molecular weight excluding hydrogens is 499 g/mol. The zero-order valence-corrected chi connectivity index (χ0v) is 22.2. The molecule has 0 N–H and O–H groups in total. The van der Waals surface area contributed by atoms with E-state index >= 15 is 0 Å². The maximum Gasteiger partial charge on any atom is 0.282 e. The molecule has 0 amide bonds. The molecular formula is C30H31FN4O2S. The number of benzene rings is 3. The summed E-state index contributed by atoms with van der Waals surface area (Å²) in [5.74, 6) is 0.229. The maximum absolute atomic E-state index is 13.7. The van der Waals surface area contributed by atoms with Crippen LogP contribution in [0.1, 0.15) is 41.9 Å². The standard InChI is InChI=1S/C30H31FN4O2S/c1-21-16-28-23(18-32-35(28)25-12-10-24(31)11-13-25)17-26(21)30-20-34(38(36,37)33-14-6-3-7-15-33)19-27(30)29(30)22-8-4-2-5-9-22/h2,4-5,8-13,16-18,27,29H,3,6-7,14-15,19-20H2,1H3. The highest BCUT2D eigenvalue weighted by atomic mass is 32.2. The Morgan fingerprint density at radius 3 is 2.42 bits per heavy atom. The van der Waals surface area contributed by atoms with Gasteiger partial charge in [-0.15, -0.1) is 0 Å². The third kappa shape index (κ3) is 3.57. The predicted molar refractivity (Wildman–Crippen MR) is 146 cm³/mol. The Balaban J connectivity index is 1.30. The molecule has 2 saturated heterocycles. The first-order valence-corrected chi connectivity index (χ1v) is 14.8. The molecule has 6 nitrogen and oxygen atoms in total. The van der Waals surface area contributed by atoms with Gasteiger partial charge in [-0.3, -0.25) is 0 Å². The van der Waals surface area contributed by atoms with Gasteiger partial charge in [0.1, 0.15) is 5.82 Å². The Morgan fingerprint density at radius 2 is 1.68 bits per heavy atom. The van der Waals surface area contributed by atoms with Gasteiger partial charge in [0.25, 0.3) is 10.2 Å². The number of aromatic nitrogens is 2. The Labute approximate surface area is 222 Å². The van der Waals surface area contributed by atoms with E-state index in [0.29, 0.717) is 26.2 Å². The molecule has 1 aromatic heterocycles. The normalized spacial score (nSPS) is 26.1. The second-order valence-electron chi connectivity index (χ2n) is 11.1. The lowest BCUT2D eigenvalue weighted by Gasteiger charge is -2.32. The summed E-state index contributed by atoms with van der Waals surface area (Å²) in [6, 6.07) is 21.2. The fourth-order valence-electron chi connectivity index (χ4n) is 7.12. The van der Waals surface area contributed by atoms with Gasteiger partial charge in [-0.25, -0.2) is 9.07 Å². The van der Waals surface area contributed by atoms with Crippen molar-refractivity contribution in [2.75, 3.05) is 26.2 Å². The van der Waals surface area contributed by atoms with Gasteiger partial charge < -0.3 is 0 Å². The molecule has 3 aromatic carbocycles. The smallest absolute Gasteiger partial charge is 0.233 e. The first kappa shape index (κ1) is 24.0. The van der Waals surface area contributed by atoms with Crippen LogP contribution in [0.25, 0.3) is 16.6 Å². The van der Waals surface area contributed by atoms with Gasteiger partial charge in [0.05, 0.1) is 17.4 Å². The van der Waals surface area contributed by atoms with Crippen molar-refractivity contribution in [3.05, 3.63) is 95.4 Å². The van der Waals surface area contributed by atoms with Crippen molar-refractivity contribution < 1.29 is 12.8 Å². The number of aryl methyl sites for hydroxylation is 1. The van der Waals surface area contributed by atoms with Crippen LogP contribution in [-0.4, -0.2) is 53.0 Å². The molecule has 3 aliphatic rings. The first-order valence-electron chi connectivity index (χ1n) is 13.4. The number of hydrogen-bond donors (Lipinski definition) is 0. The molecule has 1 saturated carbocycles. The molecule has 0 bridgehead atoms. The average molecular weight is 531 g/mol. The minimum atomic E-state index is -3.49. The highest BCUT2D eigenvalue weighted by Gasteiger charge is 2.71. The minimum absolute atomic E-state index is 0.229. The minimum Gasteiger partial charge on any atom is -0.233 e. The van der Waals surface area contributed by atoms with Crippen LogP contribution in [-0.2, 0) is 15.6 Å². The van der Waals surface area contributed by atoms with Crippen molar-refractivity contribution in [3.63, 3.8) is 0 Å². The van der Waals surface area contributed by atoms with E-state index in [2.05, 4.69) is 48.4 Å². The van der Waals surface area contributed by atoms with E-state index < -0.39 is 10.2 Å². The van der Waals surface area contributed by atoms with Gasteiger partial charge in [-0.05, 0) is 78.8 Å². The van der Waals surface area contributed by atoms with E-state index in [-0.39, 0.29) is 23.1 Å². The van der Waals surface area contributed by atoms with Gasteiger partial charge in [0.2, 0.25) is 0 Å². The monoisotopic (exact) mass is 530 g/mol. The van der Waals surface area contributed by atoms with Gasteiger partial charge in [0.15, 0.2) is 0 Å². The van der Waals surface area contributed by atoms with E-state index in [9.17, 15) is 12.8 Å². The van der Waals surface area contributed by atoms with Crippen LogP contribution in [0.15, 0.2) is 72.9 Å². The average Bonchev–Trinajstić information content (AvgIpc) is 3.20. The highest BCUT2D eigenvalue weighted by molar-refractivity contribution is 7.86. The second kappa shape index (κ2) is 8.73. The molecule has 8 heteroatoms. The Morgan fingerprint density at radius 1 is 0.947 bits per heavy atom. The SMILES string of the molecule is Cc1cc2c(cnn2-c2ccc(F)cc2)cc1C12CN(S(=O)(=O)N3CCCCC3)CC1C2c1ccccc1. The van der Waals surface area contributed by atoms with Gasteiger partial charge in [-0.2, -0.15) is 22.1 Å². The molecule has 38 heavy (non-hydrogen) atoms. The summed E-state index contributed by atoms with van der Waals surface area (Å²) in [5, 5.41) is 5.61. The first-order chi connectivity index (χ1) is 18.4. The summed E-state index contributed by atoms with van der Waals surface area (Å²) in [7, 11) is -3.49. The van der Waals surface area contributed by atoms with Crippen molar-refractivity contribution in [2.45, 2.75) is 37.5 Å². The lowest BCUT2D eigenvalue weighted by molar-refractivity contribution is 0.306. The Kier molecular flexibility index (Phi) is 5.51. The van der Waals surface area contributed by atoms with E-state index in [0.717, 1.165) is 41.4 Å². The van der Waals surface area contributed by atoms with Gasteiger partial charge in [0, 0.05) is 42.9 Å². The maximum atomic E-state index is 13.7. The zero-order chi connectivity index (χ0) is 26.1. The number of nitrogens with zero attached hydrogens (tertiary/aromatic N) is 4. The second-order valence-corrected chi connectivity index (χ2v) is 13.0. The number of fused-ring (bicyclic) bond motifs is 2. The topological polar surface area (TPSA) is 58.4 Å². The summed E-state index contributed by atoms with van der Waals surface area (Å²) in [6.07, 6.45) is 4.81. The van der Waals surface area contributed by atoms with Crippen LogP contribution >= 0.6 is 0 Å². The zero-order valence-electron chi connectivity index (χ0n) is 21.4. The summed E-state index contributed by atoms with van der Waals surface area (Å²) >= 11 is 0. The molecule has 2 aliphatic heterocycles. The van der Waals surface area contributed by atoms with Crippen molar-refractivity contribution in [3.8, 4) is 5.69 Å².